The van der Waals surface area contributed by atoms with E-state index in [9.17, 15) is 0 Å². The zero-order valence-electron chi connectivity index (χ0n) is 18.3. The van der Waals surface area contributed by atoms with Gasteiger partial charge in [-0.2, -0.15) is 15.1 Å². The molecule has 0 spiro atoms. The zero-order valence-corrected chi connectivity index (χ0v) is 19.1. The fourth-order valence-corrected chi connectivity index (χ4v) is 4.31. The minimum Gasteiger partial charge on any atom is -0.475 e. The van der Waals surface area contributed by atoms with Gasteiger partial charge in [-0.15, -0.1) is 11.3 Å². The molecular formula is C21H24N8O3S. The zero-order chi connectivity index (χ0) is 22.6. The quantitative estimate of drug-likeness (QED) is 0.351. The Morgan fingerprint density at radius 1 is 1.24 bits per heavy atom. The Labute approximate surface area is 194 Å². The van der Waals surface area contributed by atoms with Crippen molar-refractivity contribution in [3.63, 3.8) is 0 Å². The molecule has 0 bridgehead atoms. The van der Waals surface area contributed by atoms with Crippen LogP contribution in [0.15, 0.2) is 34.3 Å². The van der Waals surface area contributed by atoms with E-state index in [4.69, 9.17) is 19.0 Å². The lowest BCUT2D eigenvalue weighted by atomic mass is 10.1. The van der Waals surface area contributed by atoms with Gasteiger partial charge in [0.1, 0.15) is 23.1 Å². The summed E-state index contributed by atoms with van der Waals surface area (Å²) in [4.78, 5) is 15.8. The monoisotopic (exact) mass is 468 g/mol. The second-order valence-corrected chi connectivity index (χ2v) is 8.49. The molecule has 33 heavy (non-hydrogen) atoms. The molecule has 0 aromatic carbocycles. The SMILES string of the molecule is COCCOc1cc(Nc2cc(C)[nH]n2)nc(N2CCC[C@H]2c2cc(-c3nccs3)no2)n1. The van der Waals surface area contributed by atoms with Crippen molar-refractivity contribution < 1.29 is 14.0 Å². The van der Waals surface area contributed by atoms with E-state index in [0.717, 1.165) is 41.5 Å². The second-order valence-electron chi connectivity index (χ2n) is 7.60. The number of aryl methyl sites for hydroxylation is 1. The third-order valence-corrected chi connectivity index (χ3v) is 6.00. The summed E-state index contributed by atoms with van der Waals surface area (Å²) in [6, 6.07) is 5.58. The summed E-state index contributed by atoms with van der Waals surface area (Å²) in [7, 11) is 1.63. The molecule has 0 saturated carbocycles. The van der Waals surface area contributed by atoms with Gasteiger partial charge in [-0.1, -0.05) is 5.16 Å². The Bertz CT molecular complexity index is 1190. The van der Waals surface area contributed by atoms with Gasteiger partial charge in [-0.25, -0.2) is 4.98 Å². The number of hydrogen-bond acceptors (Lipinski definition) is 11. The number of aromatic nitrogens is 6. The molecule has 11 nitrogen and oxygen atoms in total. The Balaban J connectivity index is 1.43. The fraction of sp³-hybridized carbons (Fsp3) is 0.381. The maximum Gasteiger partial charge on any atom is 0.231 e. The molecule has 0 radical (unpaired) electrons. The summed E-state index contributed by atoms with van der Waals surface area (Å²) in [5, 5.41) is 17.3. The van der Waals surface area contributed by atoms with E-state index >= 15 is 0 Å². The van der Waals surface area contributed by atoms with Crippen LogP contribution in [0.5, 0.6) is 5.88 Å². The highest BCUT2D eigenvalue weighted by Gasteiger charge is 2.32. The molecule has 1 aliphatic rings. The van der Waals surface area contributed by atoms with Gasteiger partial charge in [0.05, 0.1) is 12.6 Å². The van der Waals surface area contributed by atoms with Crippen molar-refractivity contribution in [2.24, 2.45) is 0 Å². The smallest absolute Gasteiger partial charge is 0.231 e. The Morgan fingerprint density at radius 2 is 2.18 bits per heavy atom. The summed E-state index contributed by atoms with van der Waals surface area (Å²) in [5.74, 6) is 3.03. The van der Waals surface area contributed by atoms with Gasteiger partial charge in [0, 0.05) is 49.1 Å². The molecule has 172 valence electrons. The molecule has 5 rings (SSSR count). The number of nitrogens with zero attached hydrogens (tertiary/aromatic N) is 6. The largest absolute Gasteiger partial charge is 0.475 e. The van der Waals surface area contributed by atoms with Gasteiger partial charge in [0.25, 0.3) is 0 Å². The van der Waals surface area contributed by atoms with E-state index in [-0.39, 0.29) is 6.04 Å². The average molecular weight is 469 g/mol. The lowest BCUT2D eigenvalue weighted by molar-refractivity contribution is 0.143. The number of hydrogen-bond donors (Lipinski definition) is 2. The molecule has 2 N–H and O–H groups in total. The van der Waals surface area contributed by atoms with Gasteiger partial charge in [-0.3, -0.25) is 5.10 Å². The van der Waals surface area contributed by atoms with Crippen LogP contribution in [0.1, 0.15) is 30.3 Å². The average Bonchev–Trinajstić information content (AvgIpc) is 3.60. The van der Waals surface area contributed by atoms with Crippen LogP contribution in [0.4, 0.5) is 17.6 Å². The first-order valence-corrected chi connectivity index (χ1v) is 11.5. The molecular weight excluding hydrogens is 444 g/mol. The first-order chi connectivity index (χ1) is 16.2. The highest BCUT2D eigenvalue weighted by molar-refractivity contribution is 7.13. The summed E-state index contributed by atoms with van der Waals surface area (Å²) in [6.07, 6.45) is 3.65. The van der Waals surface area contributed by atoms with Gasteiger partial charge in [0.2, 0.25) is 11.8 Å². The number of anilines is 3. The molecule has 0 amide bonds. The van der Waals surface area contributed by atoms with Crippen LogP contribution in [0.3, 0.4) is 0 Å². The molecule has 4 aromatic heterocycles. The van der Waals surface area contributed by atoms with E-state index in [2.05, 4.69) is 35.5 Å². The molecule has 1 aliphatic heterocycles. The third-order valence-electron chi connectivity index (χ3n) is 5.21. The second kappa shape index (κ2) is 9.55. The molecule has 0 aliphatic carbocycles. The molecule has 1 atom stereocenters. The van der Waals surface area contributed by atoms with Crippen LogP contribution in [0.25, 0.3) is 10.7 Å². The van der Waals surface area contributed by atoms with Gasteiger partial charge in [0.15, 0.2) is 11.6 Å². The molecule has 12 heteroatoms. The van der Waals surface area contributed by atoms with Crippen LogP contribution < -0.4 is 15.0 Å². The summed E-state index contributed by atoms with van der Waals surface area (Å²) >= 11 is 1.53. The number of rotatable bonds is 9. The molecule has 4 aromatic rings. The van der Waals surface area contributed by atoms with E-state index < -0.39 is 0 Å². The predicted molar refractivity (Wildman–Crippen MR) is 123 cm³/mol. The maximum atomic E-state index is 5.81. The number of methoxy groups -OCH3 is 1. The lowest BCUT2D eigenvalue weighted by Crippen LogP contribution is -2.25. The van der Waals surface area contributed by atoms with E-state index in [1.54, 1.807) is 19.4 Å². The lowest BCUT2D eigenvalue weighted by Gasteiger charge is -2.23. The number of ether oxygens (including phenoxy) is 2. The predicted octanol–water partition coefficient (Wildman–Crippen LogP) is 3.73. The van der Waals surface area contributed by atoms with Crippen molar-refractivity contribution in [1.29, 1.82) is 0 Å². The fourth-order valence-electron chi connectivity index (χ4n) is 3.72. The van der Waals surface area contributed by atoms with Crippen molar-refractivity contribution >= 4 is 28.9 Å². The van der Waals surface area contributed by atoms with Crippen LogP contribution in [-0.4, -0.2) is 57.2 Å². The van der Waals surface area contributed by atoms with Gasteiger partial charge >= 0.3 is 0 Å². The van der Waals surface area contributed by atoms with Crippen LogP contribution in [0.2, 0.25) is 0 Å². The van der Waals surface area contributed by atoms with Crippen molar-refractivity contribution in [3.8, 4) is 16.6 Å². The Kier molecular flexibility index (Phi) is 6.17. The number of H-pyrrole nitrogens is 1. The number of thiazole rings is 1. The summed E-state index contributed by atoms with van der Waals surface area (Å²) < 4.78 is 16.6. The van der Waals surface area contributed by atoms with E-state index in [0.29, 0.717) is 36.7 Å². The molecule has 1 fully saturated rings. The topological polar surface area (TPSA) is 127 Å². The summed E-state index contributed by atoms with van der Waals surface area (Å²) in [5.41, 5.74) is 1.69. The van der Waals surface area contributed by atoms with E-state index in [1.807, 2.05) is 24.4 Å². The highest BCUT2D eigenvalue weighted by atomic mass is 32.1. The number of nitrogens with one attached hydrogen (secondary N) is 2. The Hall–Kier alpha value is -3.51. The van der Waals surface area contributed by atoms with Crippen LogP contribution >= 0.6 is 11.3 Å². The molecule has 1 saturated heterocycles. The molecule has 5 heterocycles. The first-order valence-electron chi connectivity index (χ1n) is 10.6. The normalized spacial score (nSPS) is 15.8. The van der Waals surface area contributed by atoms with Crippen molar-refractivity contribution in [2.75, 3.05) is 37.1 Å². The minimum atomic E-state index is -0.0269. The van der Waals surface area contributed by atoms with Gasteiger partial charge in [-0.05, 0) is 19.8 Å². The van der Waals surface area contributed by atoms with Crippen molar-refractivity contribution in [3.05, 3.63) is 41.2 Å². The van der Waals surface area contributed by atoms with Gasteiger partial charge < -0.3 is 24.2 Å². The third kappa shape index (κ3) is 4.81. The Morgan fingerprint density at radius 3 is 2.97 bits per heavy atom. The van der Waals surface area contributed by atoms with Crippen LogP contribution in [-0.2, 0) is 4.74 Å². The number of aromatic amines is 1. The van der Waals surface area contributed by atoms with Crippen LogP contribution in [0, 0.1) is 6.92 Å². The molecule has 0 unspecified atom stereocenters. The maximum absolute atomic E-state index is 5.81. The minimum absolute atomic E-state index is 0.0269. The first kappa shape index (κ1) is 21.3. The van der Waals surface area contributed by atoms with E-state index in [1.165, 1.54) is 11.3 Å². The van der Waals surface area contributed by atoms with Crippen molar-refractivity contribution in [1.82, 2.24) is 30.3 Å². The standard InChI is InChI=1S/C21H24N8O3S/c1-13-10-18(27-26-13)23-17-12-19(31-8-7-30-2)25-21(24-17)29-6-3-4-15(29)16-11-14(28-32-16)20-22-5-9-33-20/h5,9-12,15H,3-4,6-8H2,1-2H3,(H2,23,24,25,26,27)/t15-/m0/s1. The highest BCUT2D eigenvalue weighted by Crippen LogP contribution is 2.37. The summed E-state index contributed by atoms with van der Waals surface area (Å²) in [6.45, 7) is 3.58. The van der Waals surface area contributed by atoms with Crippen molar-refractivity contribution in [2.45, 2.75) is 25.8 Å².